The van der Waals surface area contributed by atoms with Crippen molar-refractivity contribution in [3.63, 3.8) is 0 Å². The molecule has 4 nitrogen and oxygen atoms in total. The minimum atomic E-state index is 0.00664. The van der Waals surface area contributed by atoms with Crippen molar-refractivity contribution in [3.8, 4) is 5.75 Å². The number of benzene rings is 1. The van der Waals surface area contributed by atoms with E-state index in [1.807, 2.05) is 30.5 Å². The molecule has 4 heteroatoms. The summed E-state index contributed by atoms with van der Waals surface area (Å²) in [5, 5.41) is 3.26. The zero-order valence-electron chi connectivity index (χ0n) is 20.1. The summed E-state index contributed by atoms with van der Waals surface area (Å²) in [6.07, 6.45) is 19.5. The number of nitrogens with zero attached hydrogens (tertiary/aromatic N) is 1. The highest BCUT2D eigenvalue weighted by Crippen LogP contribution is 2.34. The van der Waals surface area contributed by atoms with Gasteiger partial charge in [-0.1, -0.05) is 50.1 Å². The molecule has 1 atom stereocenters. The molecule has 2 aromatic rings. The third-order valence-electron chi connectivity index (χ3n) is 6.28. The van der Waals surface area contributed by atoms with Gasteiger partial charge in [0.25, 0.3) is 0 Å². The van der Waals surface area contributed by atoms with Crippen molar-refractivity contribution in [1.82, 2.24) is 10.3 Å². The number of allylic oxidation sites excluding steroid dienone is 3. The average Bonchev–Trinajstić information content (AvgIpc) is 3.69. The van der Waals surface area contributed by atoms with Crippen LogP contribution in [0.25, 0.3) is 5.57 Å². The first-order valence-corrected chi connectivity index (χ1v) is 12.4. The molecule has 1 aliphatic carbocycles. The van der Waals surface area contributed by atoms with Crippen molar-refractivity contribution < 1.29 is 9.53 Å². The number of pyridine rings is 1. The van der Waals surface area contributed by atoms with E-state index in [0.29, 0.717) is 5.92 Å². The molecule has 1 saturated carbocycles. The summed E-state index contributed by atoms with van der Waals surface area (Å²) in [6, 6.07) is 12.5. The second-order valence-corrected chi connectivity index (χ2v) is 8.94. The van der Waals surface area contributed by atoms with Gasteiger partial charge in [-0.15, -0.1) is 0 Å². The lowest BCUT2D eigenvalue weighted by atomic mass is 9.99. The predicted molar refractivity (Wildman–Crippen MR) is 136 cm³/mol. The van der Waals surface area contributed by atoms with Crippen LogP contribution < -0.4 is 10.1 Å². The summed E-state index contributed by atoms with van der Waals surface area (Å²) in [4.78, 5) is 16.8. The fraction of sp³-hybridized carbons (Fsp3) is 0.448. The quantitative estimate of drug-likeness (QED) is 0.204. The molecule has 1 aromatic heterocycles. The second kappa shape index (κ2) is 13.6. The third kappa shape index (κ3) is 8.88. The molecule has 0 unspecified atom stereocenters. The summed E-state index contributed by atoms with van der Waals surface area (Å²) in [5.74, 6) is 1.50. The predicted octanol–water partition coefficient (Wildman–Crippen LogP) is 6.53. The Morgan fingerprint density at radius 1 is 1.18 bits per heavy atom. The van der Waals surface area contributed by atoms with Gasteiger partial charge in [0.05, 0.1) is 7.11 Å². The lowest BCUT2D eigenvalue weighted by molar-refractivity contribution is -0.117. The van der Waals surface area contributed by atoms with E-state index in [9.17, 15) is 4.79 Å². The Hall–Kier alpha value is -2.88. The van der Waals surface area contributed by atoms with Gasteiger partial charge in [0.15, 0.2) is 0 Å². The SMILES string of the molecule is CCCCC/C(=C\C=C\C(=O)N[C@H](CCCc1cccnc1)C1CC1)c1ccc(OC)cc1. The molecule has 0 bridgehead atoms. The van der Waals surface area contributed by atoms with Crippen molar-refractivity contribution in [3.05, 3.63) is 78.1 Å². The number of methoxy groups -OCH3 is 1. The Kier molecular flexibility index (Phi) is 10.2. The van der Waals surface area contributed by atoms with Crippen LogP contribution in [0, 0.1) is 5.92 Å². The highest BCUT2D eigenvalue weighted by molar-refractivity contribution is 5.88. The van der Waals surface area contributed by atoms with E-state index in [0.717, 1.165) is 37.9 Å². The molecule has 1 N–H and O–H groups in total. The van der Waals surface area contributed by atoms with Crippen molar-refractivity contribution >= 4 is 11.5 Å². The zero-order valence-corrected chi connectivity index (χ0v) is 20.1. The summed E-state index contributed by atoms with van der Waals surface area (Å²) < 4.78 is 5.28. The van der Waals surface area contributed by atoms with Crippen LogP contribution in [-0.4, -0.2) is 24.0 Å². The number of aryl methyl sites for hydroxylation is 1. The molecule has 0 saturated heterocycles. The van der Waals surface area contributed by atoms with E-state index >= 15 is 0 Å². The van der Waals surface area contributed by atoms with Crippen molar-refractivity contribution in [2.45, 2.75) is 70.8 Å². The number of amides is 1. The number of ether oxygens (including phenoxy) is 1. The highest BCUT2D eigenvalue weighted by atomic mass is 16.5. The smallest absolute Gasteiger partial charge is 0.244 e. The lowest BCUT2D eigenvalue weighted by Crippen LogP contribution is -2.35. The van der Waals surface area contributed by atoms with Crippen LogP contribution in [0.5, 0.6) is 5.75 Å². The Morgan fingerprint density at radius 3 is 2.67 bits per heavy atom. The maximum Gasteiger partial charge on any atom is 0.244 e. The summed E-state index contributed by atoms with van der Waals surface area (Å²) in [6.45, 7) is 2.22. The van der Waals surface area contributed by atoms with Crippen LogP contribution in [0.1, 0.15) is 69.4 Å². The number of rotatable bonds is 14. The number of hydrogen-bond acceptors (Lipinski definition) is 3. The fourth-order valence-electron chi connectivity index (χ4n) is 4.17. The van der Waals surface area contributed by atoms with Crippen LogP contribution in [0.15, 0.2) is 67.0 Å². The first-order chi connectivity index (χ1) is 16.2. The first kappa shape index (κ1) is 24.8. The Labute approximate surface area is 199 Å². The number of hydrogen-bond donors (Lipinski definition) is 1. The summed E-state index contributed by atoms with van der Waals surface area (Å²) in [7, 11) is 1.68. The van der Waals surface area contributed by atoms with Gasteiger partial charge < -0.3 is 10.1 Å². The number of nitrogens with one attached hydrogen (secondary N) is 1. The normalized spacial score (nSPS) is 14.9. The van der Waals surface area contributed by atoms with E-state index in [1.165, 1.54) is 42.4 Å². The van der Waals surface area contributed by atoms with Gasteiger partial charge in [-0.2, -0.15) is 0 Å². The summed E-state index contributed by atoms with van der Waals surface area (Å²) >= 11 is 0. The molecular formula is C29H38N2O2. The number of unbranched alkanes of at least 4 members (excludes halogenated alkanes) is 2. The number of carbonyl (C=O) groups excluding carboxylic acids is 1. The van der Waals surface area contributed by atoms with E-state index in [1.54, 1.807) is 19.4 Å². The molecule has 0 spiro atoms. The van der Waals surface area contributed by atoms with E-state index in [2.05, 4.69) is 41.5 Å². The molecular weight excluding hydrogens is 408 g/mol. The Balaban J connectivity index is 1.55. The standard InChI is InChI=1S/C29H38N2O2/c1-3-4-5-11-24(25-17-19-27(33-2)20-18-25)12-7-14-29(32)31-28(26-15-16-26)13-6-9-23-10-8-21-30-22-23/h7-8,10,12,14,17-22,26,28H,3-6,9,11,13,15-16H2,1-2H3,(H,31,32)/b14-7+,24-12+/t28-/m1/s1. The minimum absolute atomic E-state index is 0.00664. The molecule has 1 fully saturated rings. The van der Waals surface area contributed by atoms with Crippen LogP contribution in [0.4, 0.5) is 0 Å². The van der Waals surface area contributed by atoms with Crippen molar-refractivity contribution in [2.24, 2.45) is 5.92 Å². The molecule has 33 heavy (non-hydrogen) atoms. The molecule has 176 valence electrons. The van der Waals surface area contributed by atoms with Crippen molar-refractivity contribution in [2.75, 3.05) is 7.11 Å². The van der Waals surface area contributed by atoms with E-state index in [-0.39, 0.29) is 11.9 Å². The zero-order chi connectivity index (χ0) is 23.3. The fourth-order valence-corrected chi connectivity index (χ4v) is 4.17. The van der Waals surface area contributed by atoms with Gasteiger partial charge >= 0.3 is 0 Å². The van der Waals surface area contributed by atoms with E-state index in [4.69, 9.17) is 4.74 Å². The Bertz CT molecular complexity index is 899. The van der Waals surface area contributed by atoms with Gasteiger partial charge in [0, 0.05) is 24.5 Å². The topological polar surface area (TPSA) is 51.2 Å². The molecule has 3 rings (SSSR count). The van der Waals surface area contributed by atoms with Gasteiger partial charge in [-0.3, -0.25) is 9.78 Å². The monoisotopic (exact) mass is 446 g/mol. The minimum Gasteiger partial charge on any atom is -0.497 e. The largest absolute Gasteiger partial charge is 0.497 e. The number of carbonyl (C=O) groups is 1. The van der Waals surface area contributed by atoms with Gasteiger partial charge in [-0.25, -0.2) is 0 Å². The van der Waals surface area contributed by atoms with Crippen LogP contribution in [-0.2, 0) is 11.2 Å². The van der Waals surface area contributed by atoms with Crippen LogP contribution in [0.2, 0.25) is 0 Å². The lowest BCUT2D eigenvalue weighted by Gasteiger charge is -2.17. The van der Waals surface area contributed by atoms with Crippen LogP contribution in [0.3, 0.4) is 0 Å². The molecule has 0 aliphatic heterocycles. The molecule has 1 amide bonds. The highest BCUT2D eigenvalue weighted by Gasteiger charge is 2.31. The van der Waals surface area contributed by atoms with Crippen molar-refractivity contribution in [1.29, 1.82) is 0 Å². The number of aromatic nitrogens is 1. The van der Waals surface area contributed by atoms with Crippen LogP contribution >= 0.6 is 0 Å². The Morgan fingerprint density at radius 2 is 2.00 bits per heavy atom. The second-order valence-electron chi connectivity index (χ2n) is 8.94. The summed E-state index contributed by atoms with van der Waals surface area (Å²) in [5.41, 5.74) is 3.70. The van der Waals surface area contributed by atoms with Gasteiger partial charge in [0.1, 0.15) is 5.75 Å². The molecule has 1 aliphatic rings. The first-order valence-electron chi connectivity index (χ1n) is 12.4. The van der Waals surface area contributed by atoms with Gasteiger partial charge in [-0.05, 0) is 85.8 Å². The van der Waals surface area contributed by atoms with E-state index < -0.39 is 0 Å². The molecule has 1 aromatic carbocycles. The average molecular weight is 447 g/mol. The maximum absolute atomic E-state index is 12.6. The molecule has 1 heterocycles. The van der Waals surface area contributed by atoms with Gasteiger partial charge in [0.2, 0.25) is 5.91 Å². The molecule has 0 radical (unpaired) electrons. The maximum atomic E-state index is 12.6. The third-order valence-corrected chi connectivity index (χ3v) is 6.28.